The number of hydrogen-bond donors (Lipinski definition) is 3. The number of rotatable bonds is 8. The second kappa shape index (κ2) is 10.5. The minimum Gasteiger partial charge on any atom is -0.491 e. The second-order valence-electron chi connectivity index (χ2n) is 7.38. The first-order chi connectivity index (χ1) is 14.5. The van der Waals surface area contributed by atoms with Gasteiger partial charge in [0.15, 0.2) is 5.69 Å². The van der Waals surface area contributed by atoms with Crippen LogP contribution in [0.25, 0.3) is 0 Å². The first-order valence-corrected chi connectivity index (χ1v) is 9.81. The largest absolute Gasteiger partial charge is 0.491 e. The van der Waals surface area contributed by atoms with E-state index < -0.39 is 0 Å². The molecule has 10 heteroatoms. The van der Waals surface area contributed by atoms with Crippen LogP contribution in [-0.4, -0.2) is 66.1 Å². The molecule has 1 aliphatic rings. The summed E-state index contributed by atoms with van der Waals surface area (Å²) in [5.74, 6) is 1.81. The predicted molar refractivity (Wildman–Crippen MR) is 113 cm³/mol. The lowest BCUT2D eigenvalue weighted by atomic mass is 9.99. The van der Waals surface area contributed by atoms with Crippen LogP contribution >= 0.6 is 0 Å². The molecule has 0 radical (unpaired) electrons. The average molecular weight is 410 g/mol. The lowest BCUT2D eigenvalue weighted by Crippen LogP contribution is -2.31. The lowest BCUT2D eigenvalue weighted by Gasteiger charge is -2.23. The Morgan fingerprint density at radius 3 is 2.67 bits per heavy atom. The van der Waals surface area contributed by atoms with E-state index in [0.29, 0.717) is 35.6 Å². The summed E-state index contributed by atoms with van der Waals surface area (Å²) in [6.45, 7) is 2.80. The van der Waals surface area contributed by atoms with Crippen molar-refractivity contribution in [2.45, 2.75) is 12.8 Å². The van der Waals surface area contributed by atoms with E-state index in [4.69, 9.17) is 10.00 Å². The minimum absolute atomic E-state index is 0.146. The molecule has 0 atom stereocenters. The summed E-state index contributed by atoms with van der Waals surface area (Å²) in [7, 11) is 3.66. The fourth-order valence-corrected chi connectivity index (χ4v) is 3.03. The molecule has 3 N–H and O–H groups in total. The van der Waals surface area contributed by atoms with Gasteiger partial charge in [0.25, 0.3) is 0 Å². The summed E-state index contributed by atoms with van der Waals surface area (Å²) < 4.78 is 6.08. The maximum atomic E-state index is 12.2. The average Bonchev–Trinajstić information content (AvgIpc) is 2.74. The third kappa shape index (κ3) is 6.37. The summed E-state index contributed by atoms with van der Waals surface area (Å²) in [6.07, 6.45) is 6.51. The number of pyridine rings is 1. The highest BCUT2D eigenvalue weighted by atomic mass is 16.5. The molecule has 0 aromatic carbocycles. The summed E-state index contributed by atoms with van der Waals surface area (Å²) in [5, 5.41) is 18.1. The molecular weight excluding hydrogens is 384 g/mol. The Labute approximate surface area is 175 Å². The van der Waals surface area contributed by atoms with Gasteiger partial charge in [-0.15, -0.1) is 0 Å². The molecule has 1 amide bonds. The molecule has 0 spiro atoms. The van der Waals surface area contributed by atoms with Crippen LogP contribution in [-0.2, 0) is 4.79 Å². The van der Waals surface area contributed by atoms with E-state index >= 15 is 0 Å². The third-order valence-corrected chi connectivity index (χ3v) is 4.56. The Balaban J connectivity index is 1.75. The maximum Gasteiger partial charge on any atom is 0.238 e. The molecule has 1 saturated heterocycles. The summed E-state index contributed by atoms with van der Waals surface area (Å²) >= 11 is 0. The van der Waals surface area contributed by atoms with Gasteiger partial charge in [-0.05, 0) is 45.9 Å². The molecular formula is C20H26N8O2. The highest BCUT2D eigenvalue weighted by Gasteiger charge is 2.16. The second-order valence-corrected chi connectivity index (χ2v) is 7.38. The number of nitrogens with zero attached hydrogens (tertiary/aromatic N) is 5. The van der Waals surface area contributed by atoms with Crippen molar-refractivity contribution in [3.8, 4) is 11.8 Å². The highest BCUT2D eigenvalue weighted by Crippen LogP contribution is 2.28. The number of anilines is 3. The monoisotopic (exact) mass is 410 g/mol. The molecule has 3 heterocycles. The van der Waals surface area contributed by atoms with Crippen molar-refractivity contribution in [2.24, 2.45) is 5.92 Å². The smallest absolute Gasteiger partial charge is 0.238 e. The lowest BCUT2D eigenvalue weighted by molar-refractivity contribution is -0.116. The van der Waals surface area contributed by atoms with Gasteiger partial charge in [0.1, 0.15) is 29.1 Å². The Hall–Kier alpha value is -3.29. The zero-order valence-electron chi connectivity index (χ0n) is 17.2. The van der Waals surface area contributed by atoms with Crippen molar-refractivity contribution in [1.82, 2.24) is 25.2 Å². The van der Waals surface area contributed by atoms with Gasteiger partial charge in [-0.3, -0.25) is 4.79 Å². The fourth-order valence-electron chi connectivity index (χ4n) is 3.03. The van der Waals surface area contributed by atoms with Gasteiger partial charge in [0.05, 0.1) is 31.7 Å². The van der Waals surface area contributed by atoms with Crippen LogP contribution < -0.4 is 20.7 Å². The van der Waals surface area contributed by atoms with E-state index in [2.05, 4.69) is 30.9 Å². The van der Waals surface area contributed by atoms with Crippen molar-refractivity contribution in [3.63, 3.8) is 0 Å². The molecule has 1 fully saturated rings. The number of carbonyl (C=O) groups is 1. The quantitative estimate of drug-likeness (QED) is 0.591. The van der Waals surface area contributed by atoms with Crippen molar-refractivity contribution in [3.05, 3.63) is 30.4 Å². The molecule has 0 bridgehead atoms. The zero-order chi connectivity index (χ0) is 21.3. The van der Waals surface area contributed by atoms with Gasteiger partial charge < -0.3 is 25.6 Å². The number of hydrogen-bond acceptors (Lipinski definition) is 9. The molecule has 0 unspecified atom stereocenters. The number of aromatic nitrogens is 3. The van der Waals surface area contributed by atoms with Gasteiger partial charge in [-0.25, -0.2) is 15.0 Å². The standard InChI is InChI=1S/C20H26N8O2/c1-28(2)12-20(29)26-16-10-25-18(27-19-11-23-15(8-21)9-24-19)7-17(16)30-13-14-3-5-22-6-4-14/h7,9-11,14,22H,3-6,12-13H2,1-2H3,(H,26,29)(H,24,25,27). The van der Waals surface area contributed by atoms with Gasteiger partial charge in [-0.1, -0.05) is 0 Å². The summed E-state index contributed by atoms with van der Waals surface area (Å²) in [4.78, 5) is 26.5. The first-order valence-electron chi connectivity index (χ1n) is 9.81. The molecule has 0 saturated carbocycles. The number of nitrogens with one attached hydrogen (secondary N) is 3. The van der Waals surface area contributed by atoms with Crippen LogP contribution in [0.5, 0.6) is 5.75 Å². The van der Waals surface area contributed by atoms with Crippen LogP contribution in [0.15, 0.2) is 24.7 Å². The maximum absolute atomic E-state index is 12.2. The van der Waals surface area contributed by atoms with E-state index in [1.165, 1.54) is 12.4 Å². The van der Waals surface area contributed by atoms with Gasteiger partial charge >= 0.3 is 0 Å². The number of carbonyl (C=O) groups excluding carboxylic acids is 1. The van der Waals surface area contributed by atoms with Crippen LogP contribution in [0.4, 0.5) is 17.3 Å². The summed E-state index contributed by atoms with van der Waals surface area (Å²) in [6, 6.07) is 3.66. The van der Waals surface area contributed by atoms with E-state index in [9.17, 15) is 4.79 Å². The first kappa shape index (κ1) is 21.4. The Morgan fingerprint density at radius 2 is 2.00 bits per heavy atom. The Kier molecular flexibility index (Phi) is 7.48. The SMILES string of the molecule is CN(C)CC(=O)Nc1cnc(Nc2cnc(C#N)cn2)cc1OCC1CCNCC1. The van der Waals surface area contributed by atoms with Crippen molar-refractivity contribution < 1.29 is 9.53 Å². The molecule has 30 heavy (non-hydrogen) atoms. The minimum atomic E-state index is -0.146. The molecule has 0 aliphatic carbocycles. The molecule has 10 nitrogen and oxygen atoms in total. The van der Waals surface area contributed by atoms with Gasteiger partial charge in [-0.2, -0.15) is 5.26 Å². The van der Waals surface area contributed by atoms with E-state index in [1.807, 2.05) is 20.2 Å². The number of likely N-dealkylation sites (N-methyl/N-ethyl adjacent to an activating group) is 1. The molecule has 2 aromatic heterocycles. The Bertz CT molecular complexity index is 889. The fraction of sp³-hybridized carbons (Fsp3) is 0.450. The number of ether oxygens (including phenoxy) is 1. The topological polar surface area (TPSA) is 128 Å². The van der Waals surface area contributed by atoms with E-state index in [1.54, 1.807) is 17.2 Å². The van der Waals surface area contributed by atoms with Crippen molar-refractivity contribution in [1.29, 1.82) is 5.26 Å². The van der Waals surface area contributed by atoms with Crippen LogP contribution in [0.1, 0.15) is 18.5 Å². The highest BCUT2D eigenvalue weighted by molar-refractivity contribution is 5.93. The molecule has 158 valence electrons. The number of nitriles is 1. The zero-order valence-corrected chi connectivity index (χ0v) is 17.2. The van der Waals surface area contributed by atoms with Crippen molar-refractivity contribution in [2.75, 3.05) is 51.0 Å². The molecule has 1 aliphatic heterocycles. The third-order valence-electron chi connectivity index (χ3n) is 4.56. The summed E-state index contributed by atoms with van der Waals surface area (Å²) in [5.41, 5.74) is 0.755. The van der Waals surface area contributed by atoms with E-state index in [0.717, 1.165) is 25.9 Å². The van der Waals surface area contributed by atoms with Crippen LogP contribution in [0.3, 0.4) is 0 Å². The van der Waals surface area contributed by atoms with Crippen LogP contribution in [0, 0.1) is 17.2 Å². The number of piperidine rings is 1. The number of amides is 1. The normalized spacial score (nSPS) is 14.2. The van der Waals surface area contributed by atoms with Gasteiger partial charge in [0, 0.05) is 6.07 Å². The van der Waals surface area contributed by atoms with Crippen LogP contribution in [0.2, 0.25) is 0 Å². The van der Waals surface area contributed by atoms with Gasteiger partial charge in [0.2, 0.25) is 5.91 Å². The predicted octanol–water partition coefficient (Wildman–Crippen LogP) is 1.37. The molecule has 3 rings (SSSR count). The van der Waals surface area contributed by atoms with Crippen molar-refractivity contribution >= 4 is 23.2 Å². The van der Waals surface area contributed by atoms with E-state index in [-0.39, 0.29) is 18.1 Å². The molecule has 2 aromatic rings. The Morgan fingerprint density at radius 1 is 1.23 bits per heavy atom.